The molecule has 1 aromatic rings. The van der Waals surface area contributed by atoms with Crippen LogP contribution < -0.4 is 10.0 Å². The molecule has 100 valence electrons. The number of allylic oxidation sites excluding steroid dienone is 1. The van der Waals surface area contributed by atoms with Gasteiger partial charge in [0.05, 0.1) is 6.54 Å². The molecule has 0 fully saturated rings. The average Bonchev–Trinajstić information content (AvgIpc) is 2.80. The summed E-state index contributed by atoms with van der Waals surface area (Å²) in [7, 11) is -1.75. The van der Waals surface area contributed by atoms with Crippen molar-refractivity contribution < 1.29 is 12.8 Å². The first kappa shape index (κ1) is 13.3. The van der Waals surface area contributed by atoms with E-state index in [4.69, 9.17) is 4.42 Å². The lowest BCUT2D eigenvalue weighted by molar-refractivity contribution is 0.400. The number of hydrogen-bond donors (Lipinski definition) is 2. The topological polar surface area (TPSA) is 71.3 Å². The van der Waals surface area contributed by atoms with E-state index >= 15 is 0 Å². The van der Waals surface area contributed by atoms with Gasteiger partial charge in [-0.1, -0.05) is 12.2 Å². The molecular formula is C12H18N2O3S. The summed E-state index contributed by atoms with van der Waals surface area (Å²) in [6, 6.07) is 3.14. The van der Waals surface area contributed by atoms with Gasteiger partial charge in [0.25, 0.3) is 10.0 Å². The van der Waals surface area contributed by atoms with E-state index in [0.717, 1.165) is 19.3 Å². The molecule has 0 radical (unpaired) electrons. The van der Waals surface area contributed by atoms with Gasteiger partial charge in [0.1, 0.15) is 5.76 Å². The summed E-state index contributed by atoms with van der Waals surface area (Å²) < 4.78 is 32.1. The summed E-state index contributed by atoms with van der Waals surface area (Å²) in [5.74, 6) is 0.612. The standard InChI is InChI=1S/C12H18N2O3S/c1-13-9-11-7-8-12(17-11)18(15,16)14-10-5-3-2-4-6-10/h2-3,7-8,10,13-14H,4-6,9H2,1H3. The van der Waals surface area contributed by atoms with Crippen molar-refractivity contribution in [2.75, 3.05) is 7.05 Å². The highest BCUT2D eigenvalue weighted by atomic mass is 32.2. The summed E-state index contributed by atoms with van der Waals surface area (Å²) in [5, 5.41) is 2.90. The summed E-state index contributed by atoms with van der Waals surface area (Å²) in [5.41, 5.74) is 0. The molecule has 1 unspecified atom stereocenters. The van der Waals surface area contributed by atoms with Crippen LogP contribution in [0.1, 0.15) is 25.0 Å². The van der Waals surface area contributed by atoms with Crippen molar-refractivity contribution >= 4 is 10.0 Å². The summed E-state index contributed by atoms with van der Waals surface area (Å²) in [4.78, 5) is 0. The van der Waals surface area contributed by atoms with Crippen molar-refractivity contribution in [3.8, 4) is 0 Å². The van der Waals surface area contributed by atoms with Gasteiger partial charge >= 0.3 is 0 Å². The van der Waals surface area contributed by atoms with Gasteiger partial charge in [-0.05, 0) is 38.4 Å². The second kappa shape index (κ2) is 5.69. The van der Waals surface area contributed by atoms with Crippen molar-refractivity contribution in [2.24, 2.45) is 0 Å². The summed E-state index contributed by atoms with van der Waals surface area (Å²) >= 11 is 0. The second-order valence-corrected chi connectivity index (χ2v) is 6.00. The van der Waals surface area contributed by atoms with Gasteiger partial charge < -0.3 is 9.73 Å². The van der Waals surface area contributed by atoms with Crippen LogP contribution in [0.25, 0.3) is 0 Å². The Labute approximate surface area is 107 Å². The first-order chi connectivity index (χ1) is 8.62. The fourth-order valence-electron chi connectivity index (χ4n) is 1.95. The maximum atomic E-state index is 12.1. The first-order valence-electron chi connectivity index (χ1n) is 6.02. The van der Waals surface area contributed by atoms with E-state index in [0.29, 0.717) is 12.3 Å². The Kier molecular flexibility index (Phi) is 4.21. The van der Waals surface area contributed by atoms with Crippen LogP contribution in [-0.4, -0.2) is 21.5 Å². The molecule has 0 aliphatic heterocycles. The highest BCUT2D eigenvalue weighted by molar-refractivity contribution is 7.89. The van der Waals surface area contributed by atoms with Crippen LogP contribution in [-0.2, 0) is 16.6 Å². The molecule has 0 spiro atoms. The Morgan fingerprint density at radius 1 is 1.39 bits per heavy atom. The van der Waals surface area contributed by atoms with E-state index in [1.54, 1.807) is 13.1 Å². The molecule has 1 aromatic heterocycles. The van der Waals surface area contributed by atoms with Gasteiger partial charge in [0, 0.05) is 6.04 Å². The van der Waals surface area contributed by atoms with Gasteiger partial charge in [-0.25, -0.2) is 13.1 Å². The molecule has 0 saturated carbocycles. The minimum Gasteiger partial charge on any atom is -0.447 e. The largest absolute Gasteiger partial charge is 0.447 e. The second-order valence-electron chi connectivity index (χ2n) is 4.35. The summed E-state index contributed by atoms with van der Waals surface area (Å²) in [6.45, 7) is 0.516. The van der Waals surface area contributed by atoms with Crippen LogP contribution in [0.3, 0.4) is 0 Å². The molecule has 2 N–H and O–H groups in total. The molecule has 1 aliphatic carbocycles. The monoisotopic (exact) mass is 270 g/mol. The zero-order chi connectivity index (χ0) is 13.0. The molecule has 0 aromatic carbocycles. The minimum atomic E-state index is -3.54. The highest BCUT2D eigenvalue weighted by Gasteiger charge is 2.23. The van der Waals surface area contributed by atoms with Gasteiger partial charge in [0.15, 0.2) is 0 Å². The summed E-state index contributed by atoms with van der Waals surface area (Å²) in [6.07, 6.45) is 6.56. The van der Waals surface area contributed by atoms with Gasteiger partial charge in [0.2, 0.25) is 5.09 Å². The third kappa shape index (κ3) is 3.22. The number of nitrogens with one attached hydrogen (secondary N) is 2. The lowest BCUT2D eigenvalue weighted by Gasteiger charge is -2.18. The van der Waals surface area contributed by atoms with Crippen LogP contribution >= 0.6 is 0 Å². The average molecular weight is 270 g/mol. The SMILES string of the molecule is CNCc1ccc(S(=O)(=O)NC2CC=CCC2)o1. The van der Waals surface area contributed by atoms with E-state index < -0.39 is 10.0 Å². The predicted molar refractivity (Wildman–Crippen MR) is 68.6 cm³/mol. The molecule has 6 heteroatoms. The smallest absolute Gasteiger partial charge is 0.274 e. The van der Waals surface area contributed by atoms with Crippen LogP contribution in [0.5, 0.6) is 0 Å². The molecule has 1 heterocycles. The molecular weight excluding hydrogens is 252 g/mol. The van der Waals surface area contributed by atoms with Crippen molar-refractivity contribution in [3.63, 3.8) is 0 Å². The normalized spacial score (nSPS) is 20.2. The van der Waals surface area contributed by atoms with Gasteiger partial charge in [-0.15, -0.1) is 0 Å². The third-order valence-electron chi connectivity index (χ3n) is 2.84. The highest BCUT2D eigenvalue weighted by Crippen LogP contribution is 2.17. The Morgan fingerprint density at radius 3 is 2.89 bits per heavy atom. The van der Waals surface area contributed by atoms with Crippen molar-refractivity contribution in [1.82, 2.24) is 10.0 Å². The van der Waals surface area contributed by atoms with Crippen LogP contribution in [0.4, 0.5) is 0 Å². The third-order valence-corrected chi connectivity index (χ3v) is 4.24. The van der Waals surface area contributed by atoms with Crippen LogP contribution in [0.15, 0.2) is 33.8 Å². The van der Waals surface area contributed by atoms with E-state index in [2.05, 4.69) is 16.1 Å². The Balaban J connectivity index is 2.07. The van der Waals surface area contributed by atoms with Crippen LogP contribution in [0, 0.1) is 0 Å². The Morgan fingerprint density at radius 2 is 2.22 bits per heavy atom. The maximum Gasteiger partial charge on any atom is 0.274 e. The molecule has 18 heavy (non-hydrogen) atoms. The van der Waals surface area contributed by atoms with Crippen molar-refractivity contribution in [1.29, 1.82) is 0 Å². The molecule has 0 amide bonds. The fourth-order valence-corrected chi connectivity index (χ4v) is 3.18. The Hall–Kier alpha value is -1.11. The predicted octanol–water partition coefficient (Wildman–Crippen LogP) is 1.39. The number of furan rings is 1. The molecule has 2 rings (SSSR count). The van der Waals surface area contributed by atoms with Gasteiger partial charge in [-0.3, -0.25) is 0 Å². The number of sulfonamides is 1. The maximum absolute atomic E-state index is 12.1. The quantitative estimate of drug-likeness (QED) is 0.793. The molecule has 0 bridgehead atoms. The van der Waals surface area contributed by atoms with E-state index in [-0.39, 0.29) is 11.1 Å². The lowest BCUT2D eigenvalue weighted by atomic mass is 10.0. The van der Waals surface area contributed by atoms with Crippen molar-refractivity contribution in [3.05, 3.63) is 30.0 Å². The van der Waals surface area contributed by atoms with E-state index in [1.807, 2.05) is 6.08 Å². The number of hydrogen-bond acceptors (Lipinski definition) is 4. The van der Waals surface area contributed by atoms with Gasteiger partial charge in [-0.2, -0.15) is 0 Å². The zero-order valence-electron chi connectivity index (χ0n) is 10.3. The Bertz CT molecular complexity index is 519. The molecule has 0 saturated heterocycles. The number of rotatable bonds is 5. The fraction of sp³-hybridized carbons (Fsp3) is 0.500. The van der Waals surface area contributed by atoms with Crippen molar-refractivity contribution in [2.45, 2.75) is 36.9 Å². The lowest BCUT2D eigenvalue weighted by Crippen LogP contribution is -2.35. The van der Waals surface area contributed by atoms with E-state index in [1.165, 1.54) is 6.07 Å². The molecule has 5 nitrogen and oxygen atoms in total. The molecule has 1 aliphatic rings. The minimum absolute atomic E-state index is 0.0118. The molecule has 1 atom stereocenters. The van der Waals surface area contributed by atoms with E-state index in [9.17, 15) is 8.42 Å². The first-order valence-corrected chi connectivity index (χ1v) is 7.51. The van der Waals surface area contributed by atoms with Crippen LogP contribution in [0.2, 0.25) is 0 Å². The zero-order valence-corrected chi connectivity index (χ0v) is 11.2.